The molecule has 1 saturated carbocycles. The third kappa shape index (κ3) is 3.58. The summed E-state index contributed by atoms with van der Waals surface area (Å²) >= 11 is 0. The van der Waals surface area contributed by atoms with Crippen molar-refractivity contribution in [3.8, 4) is 0 Å². The molecule has 0 heterocycles. The van der Waals surface area contributed by atoms with Gasteiger partial charge in [0.2, 0.25) is 0 Å². The molecule has 1 aliphatic carbocycles. The summed E-state index contributed by atoms with van der Waals surface area (Å²) in [5, 5.41) is 6.25. The van der Waals surface area contributed by atoms with Gasteiger partial charge in [0.05, 0.1) is 12.1 Å². The SMILES string of the molecule is CNCCc1ccccc1C(=O)NC1CCCC1OC. The first kappa shape index (κ1) is 15.0. The Morgan fingerprint density at radius 2 is 2.15 bits per heavy atom. The number of benzene rings is 1. The molecule has 110 valence electrons. The van der Waals surface area contributed by atoms with Gasteiger partial charge in [-0.05, 0) is 50.9 Å². The van der Waals surface area contributed by atoms with Gasteiger partial charge in [-0.15, -0.1) is 0 Å². The molecule has 2 unspecified atom stereocenters. The number of hydrogen-bond donors (Lipinski definition) is 2. The molecule has 0 spiro atoms. The van der Waals surface area contributed by atoms with Crippen LogP contribution >= 0.6 is 0 Å². The summed E-state index contributed by atoms with van der Waals surface area (Å²) in [4.78, 5) is 12.5. The normalized spacial score (nSPS) is 21.9. The molecule has 1 aromatic rings. The van der Waals surface area contributed by atoms with Crippen LogP contribution in [0.3, 0.4) is 0 Å². The molecule has 20 heavy (non-hydrogen) atoms. The number of carbonyl (C=O) groups is 1. The Bertz CT molecular complexity index is 448. The van der Waals surface area contributed by atoms with Gasteiger partial charge in [-0.2, -0.15) is 0 Å². The molecule has 4 heteroatoms. The summed E-state index contributed by atoms with van der Waals surface area (Å²) in [6.07, 6.45) is 4.16. The highest BCUT2D eigenvalue weighted by Gasteiger charge is 2.28. The third-order valence-corrected chi connectivity index (χ3v) is 3.98. The molecule has 1 fully saturated rings. The van der Waals surface area contributed by atoms with E-state index in [1.165, 1.54) is 0 Å². The standard InChI is InChI=1S/C16H24N2O2/c1-17-11-10-12-6-3-4-7-13(12)16(19)18-14-8-5-9-15(14)20-2/h3-4,6-7,14-15,17H,5,8-11H2,1-2H3,(H,18,19). The van der Waals surface area contributed by atoms with Crippen LogP contribution in [0.15, 0.2) is 24.3 Å². The first-order chi connectivity index (χ1) is 9.76. The van der Waals surface area contributed by atoms with Gasteiger partial charge in [0.15, 0.2) is 0 Å². The number of hydrogen-bond acceptors (Lipinski definition) is 3. The zero-order valence-corrected chi connectivity index (χ0v) is 12.3. The summed E-state index contributed by atoms with van der Waals surface area (Å²) in [6, 6.07) is 7.96. The molecule has 1 aromatic carbocycles. The Morgan fingerprint density at radius 1 is 1.35 bits per heavy atom. The summed E-state index contributed by atoms with van der Waals surface area (Å²) in [5.41, 5.74) is 1.87. The molecule has 4 nitrogen and oxygen atoms in total. The fourth-order valence-corrected chi connectivity index (χ4v) is 2.84. The van der Waals surface area contributed by atoms with E-state index in [9.17, 15) is 4.79 Å². The van der Waals surface area contributed by atoms with Crippen molar-refractivity contribution in [3.05, 3.63) is 35.4 Å². The van der Waals surface area contributed by atoms with Crippen LogP contribution in [0.2, 0.25) is 0 Å². The summed E-state index contributed by atoms with van der Waals surface area (Å²) < 4.78 is 5.43. The summed E-state index contributed by atoms with van der Waals surface area (Å²) in [6.45, 7) is 0.869. The van der Waals surface area contributed by atoms with Crippen LogP contribution in [0.5, 0.6) is 0 Å². The highest BCUT2D eigenvalue weighted by Crippen LogP contribution is 2.22. The van der Waals surface area contributed by atoms with Gasteiger partial charge >= 0.3 is 0 Å². The minimum Gasteiger partial charge on any atom is -0.379 e. The lowest BCUT2D eigenvalue weighted by molar-refractivity contribution is 0.0721. The van der Waals surface area contributed by atoms with Gasteiger partial charge in [0.1, 0.15) is 0 Å². The smallest absolute Gasteiger partial charge is 0.251 e. The van der Waals surface area contributed by atoms with Crippen LogP contribution in [-0.2, 0) is 11.2 Å². The second-order valence-corrected chi connectivity index (χ2v) is 5.30. The van der Waals surface area contributed by atoms with Gasteiger partial charge in [0, 0.05) is 12.7 Å². The van der Waals surface area contributed by atoms with Crippen LogP contribution in [0.4, 0.5) is 0 Å². The maximum Gasteiger partial charge on any atom is 0.251 e. The van der Waals surface area contributed by atoms with E-state index >= 15 is 0 Å². The van der Waals surface area contributed by atoms with Crippen LogP contribution in [0.25, 0.3) is 0 Å². The molecule has 2 N–H and O–H groups in total. The van der Waals surface area contributed by atoms with Crippen molar-refractivity contribution in [2.75, 3.05) is 20.7 Å². The quantitative estimate of drug-likeness (QED) is 0.832. The summed E-state index contributed by atoms with van der Waals surface area (Å²) in [5.74, 6) is 0.0191. The van der Waals surface area contributed by atoms with Crippen LogP contribution < -0.4 is 10.6 Å². The zero-order chi connectivity index (χ0) is 14.4. The molecule has 1 aliphatic rings. The van der Waals surface area contributed by atoms with Crippen LogP contribution in [0.1, 0.15) is 35.2 Å². The van der Waals surface area contributed by atoms with E-state index in [0.717, 1.165) is 43.4 Å². The Morgan fingerprint density at radius 3 is 2.90 bits per heavy atom. The number of likely N-dealkylation sites (N-methyl/N-ethyl adjacent to an activating group) is 1. The molecule has 1 amide bonds. The summed E-state index contributed by atoms with van der Waals surface area (Å²) in [7, 11) is 3.64. The minimum atomic E-state index is 0.0191. The molecule has 2 rings (SSSR count). The average Bonchev–Trinajstić information content (AvgIpc) is 2.92. The lowest BCUT2D eigenvalue weighted by atomic mass is 10.0. The second-order valence-electron chi connectivity index (χ2n) is 5.30. The van der Waals surface area contributed by atoms with E-state index in [2.05, 4.69) is 10.6 Å². The van der Waals surface area contributed by atoms with Crippen molar-refractivity contribution < 1.29 is 9.53 Å². The van der Waals surface area contributed by atoms with Gasteiger partial charge in [0.25, 0.3) is 5.91 Å². The van der Waals surface area contributed by atoms with Crippen molar-refractivity contribution in [1.82, 2.24) is 10.6 Å². The van der Waals surface area contributed by atoms with Gasteiger partial charge in [-0.1, -0.05) is 18.2 Å². The second kappa shape index (κ2) is 7.41. The fraction of sp³-hybridized carbons (Fsp3) is 0.562. The lowest BCUT2D eigenvalue weighted by Crippen LogP contribution is -2.41. The Kier molecular flexibility index (Phi) is 5.56. The number of nitrogens with one attached hydrogen (secondary N) is 2. The van der Waals surface area contributed by atoms with Crippen molar-refractivity contribution in [3.63, 3.8) is 0 Å². The van der Waals surface area contributed by atoms with Gasteiger partial charge < -0.3 is 15.4 Å². The van der Waals surface area contributed by atoms with E-state index in [1.54, 1.807) is 7.11 Å². The van der Waals surface area contributed by atoms with E-state index in [4.69, 9.17) is 4.74 Å². The van der Waals surface area contributed by atoms with Crippen molar-refractivity contribution in [2.24, 2.45) is 0 Å². The van der Waals surface area contributed by atoms with E-state index in [1.807, 2.05) is 31.3 Å². The predicted octanol–water partition coefficient (Wildman–Crippen LogP) is 1.75. The highest BCUT2D eigenvalue weighted by atomic mass is 16.5. The maximum absolute atomic E-state index is 12.5. The van der Waals surface area contributed by atoms with Crippen molar-refractivity contribution >= 4 is 5.91 Å². The lowest BCUT2D eigenvalue weighted by Gasteiger charge is -2.20. The largest absolute Gasteiger partial charge is 0.379 e. The first-order valence-corrected chi connectivity index (χ1v) is 7.32. The fourth-order valence-electron chi connectivity index (χ4n) is 2.84. The molecule has 0 saturated heterocycles. The molecule has 0 aromatic heterocycles. The highest BCUT2D eigenvalue weighted by molar-refractivity contribution is 5.95. The number of rotatable bonds is 6. The Balaban J connectivity index is 2.05. The first-order valence-electron chi connectivity index (χ1n) is 7.32. The zero-order valence-electron chi connectivity index (χ0n) is 12.3. The number of amides is 1. The Hall–Kier alpha value is -1.39. The van der Waals surface area contributed by atoms with Crippen LogP contribution in [-0.4, -0.2) is 38.8 Å². The van der Waals surface area contributed by atoms with Gasteiger partial charge in [-0.25, -0.2) is 0 Å². The molecule has 0 radical (unpaired) electrons. The average molecular weight is 276 g/mol. The predicted molar refractivity (Wildman–Crippen MR) is 80.0 cm³/mol. The number of ether oxygens (including phenoxy) is 1. The molecular weight excluding hydrogens is 252 g/mol. The number of methoxy groups -OCH3 is 1. The van der Waals surface area contributed by atoms with Crippen LogP contribution in [0, 0.1) is 0 Å². The molecular formula is C16H24N2O2. The monoisotopic (exact) mass is 276 g/mol. The topological polar surface area (TPSA) is 50.4 Å². The maximum atomic E-state index is 12.5. The molecule has 0 aliphatic heterocycles. The molecule has 2 atom stereocenters. The van der Waals surface area contributed by atoms with E-state index < -0.39 is 0 Å². The van der Waals surface area contributed by atoms with E-state index in [0.29, 0.717) is 0 Å². The van der Waals surface area contributed by atoms with Crippen molar-refractivity contribution in [1.29, 1.82) is 0 Å². The third-order valence-electron chi connectivity index (χ3n) is 3.98. The minimum absolute atomic E-state index is 0.0191. The molecule has 0 bridgehead atoms. The van der Waals surface area contributed by atoms with E-state index in [-0.39, 0.29) is 18.1 Å². The van der Waals surface area contributed by atoms with Gasteiger partial charge in [-0.3, -0.25) is 4.79 Å². The Labute approximate surface area is 120 Å². The number of carbonyl (C=O) groups excluding carboxylic acids is 1. The van der Waals surface area contributed by atoms with Crippen molar-refractivity contribution in [2.45, 2.75) is 37.8 Å².